The highest BCUT2D eigenvalue weighted by Gasteiger charge is 2.13. The molecule has 27 heavy (non-hydrogen) atoms. The number of amidine groups is 2. The summed E-state index contributed by atoms with van der Waals surface area (Å²) in [5, 5.41) is 23.4. The highest BCUT2D eigenvalue weighted by Crippen LogP contribution is 2.29. The molecule has 0 bridgehead atoms. The molecule has 0 atom stereocenters. The molecule has 0 aliphatic rings. The number of ether oxygens (including phenoxy) is 1. The Bertz CT molecular complexity index is 971. The van der Waals surface area contributed by atoms with Crippen molar-refractivity contribution in [2.24, 2.45) is 11.5 Å². The predicted molar refractivity (Wildman–Crippen MR) is 110 cm³/mol. The molecule has 0 spiro atoms. The van der Waals surface area contributed by atoms with Gasteiger partial charge in [0.25, 0.3) is 0 Å². The molecule has 0 saturated carbocycles. The summed E-state index contributed by atoms with van der Waals surface area (Å²) in [6, 6.07) is 12.3. The highest BCUT2D eigenvalue weighted by atomic mass is 35.5. The molecule has 0 aliphatic carbocycles. The van der Waals surface area contributed by atoms with Gasteiger partial charge in [-0.05, 0) is 30.3 Å². The van der Waals surface area contributed by atoms with Gasteiger partial charge in [-0.2, -0.15) is 0 Å². The van der Waals surface area contributed by atoms with Crippen LogP contribution < -0.4 is 16.2 Å². The second-order valence-corrected chi connectivity index (χ2v) is 5.34. The maximum Gasteiger partial charge on any atom is 0.128 e. The molecule has 3 aromatic rings. The Labute approximate surface area is 168 Å². The van der Waals surface area contributed by atoms with Gasteiger partial charge in [-0.25, -0.2) is 4.68 Å². The third-order valence-electron chi connectivity index (χ3n) is 3.70. The van der Waals surface area contributed by atoms with E-state index in [9.17, 15) is 0 Å². The Morgan fingerprint density at radius 3 is 2.30 bits per heavy atom. The lowest BCUT2D eigenvalue weighted by Crippen LogP contribution is -2.11. The zero-order valence-electron chi connectivity index (χ0n) is 14.3. The van der Waals surface area contributed by atoms with Crippen molar-refractivity contribution in [3.05, 3.63) is 59.8 Å². The Hall–Kier alpha value is -3.10. The van der Waals surface area contributed by atoms with Crippen molar-refractivity contribution < 1.29 is 4.74 Å². The summed E-state index contributed by atoms with van der Waals surface area (Å²) in [6.07, 6.45) is 1.74. The molecule has 0 radical (unpaired) electrons. The van der Waals surface area contributed by atoms with E-state index in [-0.39, 0.29) is 36.5 Å². The summed E-state index contributed by atoms with van der Waals surface area (Å²) >= 11 is 0. The van der Waals surface area contributed by atoms with Gasteiger partial charge in [-0.1, -0.05) is 17.3 Å². The fourth-order valence-electron chi connectivity index (χ4n) is 2.41. The van der Waals surface area contributed by atoms with Crippen molar-refractivity contribution in [3.8, 4) is 22.7 Å². The molecule has 8 nitrogen and oxygen atoms in total. The lowest BCUT2D eigenvalue weighted by Gasteiger charge is -2.08. The first-order chi connectivity index (χ1) is 12.0. The largest absolute Gasteiger partial charge is 0.496 e. The quantitative estimate of drug-likeness (QED) is 0.379. The van der Waals surface area contributed by atoms with Crippen LogP contribution in [-0.2, 0) is 0 Å². The van der Waals surface area contributed by atoms with E-state index in [0.717, 1.165) is 5.69 Å². The first kappa shape index (κ1) is 21.9. The third kappa shape index (κ3) is 4.55. The van der Waals surface area contributed by atoms with Gasteiger partial charge in [-0.3, -0.25) is 10.8 Å². The molecule has 3 rings (SSSR count). The highest BCUT2D eigenvalue weighted by molar-refractivity contribution is 5.96. The fraction of sp³-hybridized carbons (Fsp3) is 0.0588. The van der Waals surface area contributed by atoms with Gasteiger partial charge in [-0.15, -0.1) is 29.9 Å². The van der Waals surface area contributed by atoms with E-state index < -0.39 is 0 Å². The van der Waals surface area contributed by atoms with Crippen LogP contribution in [0, 0.1) is 10.8 Å². The predicted octanol–water partition coefficient (Wildman–Crippen LogP) is 2.35. The van der Waals surface area contributed by atoms with Crippen LogP contribution in [0.3, 0.4) is 0 Å². The van der Waals surface area contributed by atoms with Crippen molar-refractivity contribution in [2.75, 3.05) is 7.11 Å². The first-order valence-corrected chi connectivity index (χ1v) is 7.39. The molecule has 0 unspecified atom stereocenters. The minimum Gasteiger partial charge on any atom is -0.496 e. The number of hydrogen-bond donors (Lipinski definition) is 4. The van der Waals surface area contributed by atoms with Crippen molar-refractivity contribution >= 4 is 36.5 Å². The molecular formula is C17H19Cl2N7O. The molecule has 0 fully saturated rings. The Morgan fingerprint density at radius 1 is 1.00 bits per heavy atom. The average molecular weight is 408 g/mol. The zero-order valence-corrected chi connectivity index (χ0v) is 16.0. The van der Waals surface area contributed by atoms with Crippen LogP contribution in [0.4, 0.5) is 0 Å². The molecule has 0 amide bonds. The molecule has 1 heterocycles. The van der Waals surface area contributed by atoms with Gasteiger partial charge in [0.15, 0.2) is 0 Å². The van der Waals surface area contributed by atoms with Crippen LogP contribution >= 0.6 is 24.8 Å². The number of nitrogens with one attached hydrogen (secondary N) is 2. The smallest absolute Gasteiger partial charge is 0.128 e. The number of nitrogens with two attached hydrogens (primary N) is 2. The van der Waals surface area contributed by atoms with E-state index in [1.54, 1.807) is 54.4 Å². The standard InChI is InChI=1S/C17H17N7O.2ClH/c1-25-15-6-5-11(17(20)21)8-13(15)14-9-24(23-22-14)12-4-2-3-10(7-12)16(18)19;;/h2-9H,1H3,(H3,18,19)(H3,20,21);2*1H. The van der Waals surface area contributed by atoms with Crippen LogP contribution in [0.25, 0.3) is 16.9 Å². The van der Waals surface area contributed by atoms with Crippen molar-refractivity contribution in [1.29, 1.82) is 10.8 Å². The zero-order chi connectivity index (χ0) is 18.0. The van der Waals surface area contributed by atoms with Gasteiger partial charge in [0.2, 0.25) is 0 Å². The Kier molecular flexibility index (Phi) is 7.33. The Balaban J connectivity index is 0.00000182. The molecule has 0 aliphatic heterocycles. The number of aromatic nitrogens is 3. The van der Waals surface area contributed by atoms with Crippen LogP contribution in [0.15, 0.2) is 48.7 Å². The minimum absolute atomic E-state index is 0. The average Bonchev–Trinajstić information content (AvgIpc) is 3.11. The maximum atomic E-state index is 7.59. The monoisotopic (exact) mass is 407 g/mol. The number of nitrogen functional groups attached to an aromatic ring is 2. The molecular weight excluding hydrogens is 389 g/mol. The third-order valence-corrected chi connectivity index (χ3v) is 3.70. The summed E-state index contributed by atoms with van der Waals surface area (Å²) in [5.74, 6) is 0.554. The fourth-order valence-corrected chi connectivity index (χ4v) is 2.41. The number of methoxy groups -OCH3 is 1. The van der Waals surface area contributed by atoms with E-state index in [0.29, 0.717) is 28.1 Å². The molecule has 1 aromatic heterocycles. The molecule has 10 heteroatoms. The van der Waals surface area contributed by atoms with Crippen LogP contribution in [0.1, 0.15) is 11.1 Å². The van der Waals surface area contributed by atoms with Crippen LogP contribution in [-0.4, -0.2) is 33.8 Å². The number of benzene rings is 2. The van der Waals surface area contributed by atoms with E-state index in [1.165, 1.54) is 0 Å². The minimum atomic E-state index is -0.0366. The number of rotatable bonds is 5. The summed E-state index contributed by atoms with van der Waals surface area (Å²) < 4.78 is 6.95. The summed E-state index contributed by atoms with van der Waals surface area (Å²) in [7, 11) is 1.56. The first-order valence-electron chi connectivity index (χ1n) is 7.39. The van der Waals surface area contributed by atoms with Crippen molar-refractivity contribution in [3.63, 3.8) is 0 Å². The lowest BCUT2D eigenvalue weighted by atomic mass is 10.1. The SMILES string of the molecule is COc1ccc(C(=N)N)cc1-c1cn(-c2cccc(C(=N)N)c2)nn1.Cl.Cl. The number of hydrogen-bond acceptors (Lipinski definition) is 5. The molecule has 0 saturated heterocycles. The van der Waals surface area contributed by atoms with Crippen LogP contribution in [0.2, 0.25) is 0 Å². The summed E-state index contributed by atoms with van der Waals surface area (Å²) in [5.41, 5.74) is 14.3. The van der Waals surface area contributed by atoms with Crippen molar-refractivity contribution in [1.82, 2.24) is 15.0 Å². The maximum absolute atomic E-state index is 7.59. The van der Waals surface area contributed by atoms with Crippen LogP contribution in [0.5, 0.6) is 5.75 Å². The van der Waals surface area contributed by atoms with Gasteiger partial charge in [0, 0.05) is 16.7 Å². The summed E-state index contributed by atoms with van der Waals surface area (Å²) in [4.78, 5) is 0. The molecule has 2 aromatic carbocycles. The lowest BCUT2D eigenvalue weighted by molar-refractivity contribution is 0.416. The second-order valence-electron chi connectivity index (χ2n) is 5.34. The van der Waals surface area contributed by atoms with E-state index in [4.69, 9.17) is 27.0 Å². The number of halogens is 2. The van der Waals surface area contributed by atoms with Gasteiger partial charge >= 0.3 is 0 Å². The van der Waals surface area contributed by atoms with E-state index in [2.05, 4.69) is 10.3 Å². The molecule has 142 valence electrons. The Morgan fingerprint density at radius 2 is 1.67 bits per heavy atom. The van der Waals surface area contributed by atoms with E-state index >= 15 is 0 Å². The van der Waals surface area contributed by atoms with Gasteiger partial charge in [0.05, 0.1) is 19.0 Å². The topological polar surface area (TPSA) is 140 Å². The van der Waals surface area contributed by atoms with Gasteiger partial charge in [0.1, 0.15) is 23.1 Å². The van der Waals surface area contributed by atoms with E-state index in [1.807, 2.05) is 6.07 Å². The van der Waals surface area contributed by atoms with Gasteiger partial charge < -0.3 is 16.2 Å². The number of nitrogens with zero attached hydrogens (tertiary/aromatic N) is 3. The normalized spacial score (nSPS) is 9.67. The second kappa shape index (κ2) is 9.02. The molecule has 6 N–H and O–H groups in total. The summed E-state index contributed by atoms with van der Waals surface area (Å²) in [6.45, 7) is 0. The van der Waals surface area contributed by atoms with Crippen molar-refractivity contribution in [2.45, 2.75) is 0 Å².